The van der Waals surface area contributed by atoms with Crippen molar-refractivity contribution in [3.63, 3.8) is 0 Å². The Labute approximate surface area is 285 Å². The van der Waals surface area contributed by atoms with Gasteiger partial charge in [-0.05, 0) is 92.4 Å². The predicted molar refractivity (Wildman–Crippen MR) is 194 cm³/mol. The van der Waals surface area contributed by atoms with Gasteiger partial charge in [-0.2, -0.15) is 0 Å². The first-order valence-corrected chi connectivity index (χ1v) is 17.1. The largest absolute Gasteiger partial charge is 0.437 e. The summed E-state index contributed by atoms with van der Waals surface area (Å²) in [6, 6.07) is 42.0. The molecule has 1 spiro atoms. The van der Waals surface area contributed by atoms with E-state index in [2.05, 4.69) is 164 Å². The van der Waals surface area contributed by atoms with Crippen molar-refractivity contribution in [2.24, 2.45) is 0 Å². The lowest BCUT2D eigenvalue weighted by molar-refractivity contribution is -0.955. The normalized spacial score (nSPS) is 15.5. The van der Waals surface area contributed by atoms with Gasteiger partial charge in [-0.3, -0.25) is 0 Å². The maximum atomic E-state index is 6.91. The Morgan fingerprint density at radius 2 is 1.37 bits per heavy atom. The quantitative estimate of drug-likeness (QED) is 0.182. The lowest BCUT2D eigenvalue weighted by atomic mass is 9.89. The third-order valence-corrected chi connectivity index (χ3v) is 10.8. The predicted octanol–water partition coefficient (Wildman–Crippen LogP) is 9.31. The molecular formula is C45H35N3O+2. The summed E-state index contributed by atoms with van der Waals surface area (Å²) in [6.07, 6.45) is 5.44. The Morgan fingerprint density at radius 3 is 2.22 bits per heavy atom. The summed E-state index contributed by atoms with van der Waals surface area (Å²) >= 11 is 0. The summed E-state index contributed by atoms with van der Waals surface area (Å²) in [7, 11) is 0. The number of aryl methyl sites for hydroxylation is 4. The molecule has 8 aromatic rings. The SMILES string of the molecule is Cc1ccc(-c2cc3[n+](cc2C)C2(c4ccccc4-c4ccc(C)c[n+]42)c2ccc4c(oc5nc(Cc6ccccc6)ccc54)c2-3)c(C)c1. The summed E-state index contributed by atoms with van der Waals surface area (Å²) in [5, 5.41) is 2.13. The average Bonchev–Trinajstić information content (AvgIpc) is 3.71. The molecule has 6 heterocycles. The fourth-order valence-electron chi connectivity index (χ4n) is 8.61. The maximum absolute atomic E-state index is 6.91. The van der Waals surface area contributed by atoms with Crippen molar-refractivity contribution in [2.75, 3.05) is 0 Å². The lowest BCUT2D eigenvalue weighted by Crippen LogP contribution is -2.71. The van der Waals surface area contributed by atoms with Crippen LogP contribution < -0.4 is 9.13 Å². The van der Waals surface area contributed by atoms with Gasteiger partial charge in [-0.1, -0.05) is 66.2 Å². The summed E-state index contributed by atoms with van der Waals surface area (Å²) in [4.78, 5) is 5.08. The highest BCUT2D eigenvalue weighted by Crippen LogP contribution is 2.51. The average molecular weight is 634 g/mol. The van der Waals surface area contributed by atoms with Crippen molar-refractivity contribution in [1.29, 1.82) is 0 Å². The summed E-state index contributed by atoms with van der Waals surface area (Å²) in [5.41, 5.74) is 17.9. The number of fused-ring (bicyclic) bond motifs is 14. The van der Waals surface area contributed by atoms with Gasteiger partial charge >= 0.3 is 5.66 Å². The minimum Gasteiger partial charge on any atom is -0.437 e. The Kier molecular flexibility index (Phi) is 5.79. The molecule has 0 bridgehead atoms. The summed E-state index contributed by atoms with van der Waals surface area (Å²) < 4.78 is 11.9. The Hall–Kier alpha value is -5.87. The molecule has 4 aromatic heterocycles. The number of hydrogen-bond acceptors (Lipinski definition) is 2. The number of pyridine rings is 3. The van der Waals surface area contributed by atoms with Crippen molar-refractivity contribution in [3.05, 3.63) is 172 Å². The molecule has 0 N–H and O–H groups in total. The first kappa shape index (κ1) is 28.2. The number of furan rings is 1. The van der Waals surface area contributed by atoms with Crippen LogP contribution in [0, 0.1) is 27.7 Å². The molecule has 0 saturated heterocycles. The molecule has 1 atom stereocenters. The number of aromatic nitrogens is 3. The van der Waals surface area contributed by atoms with Crippen molar-refractivity contribution in [1.82, 2.24) is 4.98 Å². The standard InChI is InChI=1S/C45H35N3O/c1-27-14-17-33(29(3)22-27)37-24-41-42-39(20-19-34-35-18-16-32(46-44(35)49-43(34)42)23-31-10-6-5-7-11-31)45(48(41)26-30(37)4)38-13-9-8-12-36(38)40-21-15-28(2)25-47(40)45/h5-22,24-26H,23H2,1-4H3/q+2. The van der Waals surface area contributed by atoms with E-state index in [1.54, 1.807) is 0 Å². The third kappa shape index (κ3) is 3.83. The zero-order chi connectivity index (χ0) is 33.0. The number of rotatable bonds is 3. The second-order valence-corrected chi connectivity index (χ2v) is 13.9. The van der Waals surface area contributed by atoms with Gasteiger partial charge in [0.1, 0.15) is 16.7 Å². The molecule has 0 amide bonds. The fourth-order valence-corrected chi connectivity index (χ4v) is 8.61. The van der Waals surface area contributed by atoms with E-state index in [9.17, 15) is 0 Å². The molecule has 4 heteroatoms. The molecule has 4 aromatic carbocycles. The monoisotopic (exact) mass is 633 g/mol. The molecule has 0 saturated carbocycles. The number of nitrogens with zero attached hydrogens (tertiary/aromatic N) is 3. The highest BCUT2D eigenvalue weighted by atomic mass is 16.3. The van der Waals surface area contributed by atoms with Crippen LogP contribution >= 0.6 is 0 Å². The maximum Gasteiger partial charge on any atom is 0.417 e. The minimum atomic E-state index is -0.618. The first-order valence-electron chi connectivity index (χ1n) is 17.1. The van der Waals surface area contributed by atoms with Gasteiger partial charge < -0.3 is 4.42 Å². The highest BCUT2D eigenvalue weighted by Gasteiger charge is 2.67. The number of hydrogen-bond donors (Lipinski definition) is 0. The van der Waals surface area contributed by atoms with E-state index < -0.39 is 5.66 Å². The van der Waals surface area contributed by atoms with Crippen molar-refractivity contribution < 1.29 is 13.6 Å². The zero-order valence-electron chi connectivity index (χ0n) is 28.1. The molecule has 0 aliphatic carbocycles. The molecule has 10 rings (SSSR count). The Morgan fingerprint density at radius 1 is 0.592 bits per heavy atom. The molecule has 0 fully saturated rings. The summed E-state index contributed by atoms with van der Waals surface area (Å²) in [5.74, 6) is 0. The molecular weight excluding hydrogens is 599 g/mol. The van der Waals surface area contributed by atoms with Crippen LogP contribution in [0.5, 0.6) is 0 Å². The van der Waals surface area contributed by atoms with Crippen LogP contribution in [0.25, 0.3) is 55.7 Å². The van der Waals surface area contributed by atoms with Gasteiger partial charge in [0.15, 0.2) is 18.0 Å². The van der Waals surface area contributed by atoms with E-state index in [1.807, 2.05) is 0 Å². The van der Waals surface area contributed by atoms with E-state index in [4.69, 9.17) is 9.40 Å². The fraction of sp³-hybridized carbons (Fsp3) is 0.133. The molecule has 0 radical (unpaired) electrons. The van der Waals surface area contributed by atoms with E-state index >= 15 is 0 Å². The van der Waals surface area contributed by atoms with Gasteiger partial charge in [0.2, 0.25) is 17.1 Å². The van der Waals surface area contributed by atoms with Crippen LogP contribution in [-0.4, -0.2) is 4.98 Å². The Bertz CT molecular complexity index is 2690. The van der Waals surface area contributed by atoms with Crippen LogP contribution in [0.15, 0.2) is 132 Å². The molecule has 49 heavy (non-hydrogen) atoms. The van der Waals surface area contributed by atoms with Gasteiger partial charge in [0.05, 0.1) is 5.56 Å². The third-order valence-electron chi connectivity index (χ3n) is 10.8. The van der Waals surface area contributed by atoms with Crippen molar-refractivity contribution in [3.8, 4) is 33.6 Å². The van der Waals surface area contributed by atoms with Gasteiger partial charge in [-0.15, -0.1) is 9.13 Å². The highest BCUT2D eigenvalue weighted by molar-refractivity contribution is 6.09. The minimum absolute atomic E-state index is 0.618. The van der Waals surface area contributed by atoms with Crippen molar-refractivity contribution >= 4 is 22.1 Å². The second-order valence-electron chi connectivity index (χ2n) is 13.9. The number of benzene rings is 4. The second kappa shape index (κ2) is 10.1. The van der Waals surface area contributed by atoms with Gasteiger partial charge in [0.25, 0.3) is 0 Å². The van der Waals surface area contributed by atoms with Crippen LogP contribution in [-0.2, 0) is 12.1 Å². The van der Waals surface area contributed by atoms with Crippen molar-refractivity contribution in [2.45, 2.75) is 39.8 Å². The smallest absolute Gasteiger partial charge is 0.417 e. The first-order chi connectivity index (χ1) is 23.9. The Balaban J connectivity index is 1.30. The van der Waals surface area contributed by atoms with E-state index in [1.165, 1.54) is 61.3 Å². The molecule has 2 aliphatic heterocycles. The molecule has 2 aliphatic rings. The van der Waals surface area contributed by atoms with Crippen LogP contribution in [0.2, 0.25) is 0 Å². The van der Waals surface area contributed by atoms with E-state index in [-0.39, 0.29) is 0 Å². The lowest BCUT2D eigenvalue weighted by Gasteiger charge is -2.18. The molecule has 1 unspecified atom stereocenters. The van der Waals surface area contributed by atoms with Crippen LogP contribution in [0.4, 0.5) is 0 Å². The zero-order valence-corrected chi connectivity index (χ0v) is 28.1. The van der Waals surface area contributed by atoms with Crippen LogP contribution in [0.3, 0.4) is 0 Å². The van der Waals surface area contributed by atoms with Crippen LogP contribution in [0.1, 0.15) is 44.6 Å². The molecule has 234 valence electrons. The van der Waals surface area contributed by atoms with Gasteiger partial charge in [-0.25, -0.2) is 4.98 Å². The van der Waals surface area contributed by atoms with Gasteiger partial charge in [0, 0.05) is 46.1 Å². The van der Waals surface area contributed by atoms with E-state index in [0.717, 1.165) is 39.7 Å². The van der Waals surface area contributed by atoms with E-state index in [0.29, 0.717) is 5.71 Å². The topological polar surface area (TPSA) is 33.8 Å². The summed E-state index contributed by atoms with van der Waals surface area (Å²) in [6.45, 7) is 8.81. The molecule has 4 nitrogen and oxygen atoms in total.